The highest BCUT2D eigenvalue weighted by Gasteiger charge is 2.44. The van der Waals surface area contributed by atoms with Crippen molar-refractivity contribution in [3.05, 3.63) is 87.9 Å². The van der Waals surface area contributed by atoms with E-state index >= 15 is 0 Å². The maximum absolute atomic E-state index is 13.6. The molecule has 0 aliphatic carbocycles. The maximum Gasteiger partial charge on any atom is 0.296 e. The molecule has 166 valence electrons. The molecule has 0 bridgehead atoms. The van der Waals surface area contributed by atoms with Gasteiger partial charge in [0.05, 0.1) is 38.3 Å². The zero-order valence-electron chi connectivity index (χ0n) is 18.2. The lowest BCUT2D eigenvalue weighted by Crippen LogP contribution is -2.30. The van der Waals surface area contributed by atoms with E-state index in [0.29, 0.717) is 39.6 Å². The fourth-order valence-corrected chi connectivity index (χ4v) is 4.23. The molecule has 0 N–H and O–H groups in total. The van der Waals surface area contributed by atoms with Gasteiger partial charge in [-0.15, -0.1) is 0 Å². The Bertz CT molecular complexity index is 1410. The Morgan fingerprint density at radius 1 is 0.909 bits per heavy atom. The number of ether oxygens (including phenoxy) is 3. The van der Waals surface area contributed by atoms with E-state index in [-0.39, 0.29) is 16.8 Å². The molecule has 1 atom stereocenters. The molecule has 1 aliphatic heterocycles. The molecule has 0 spiro atoms. The van der Waals surface area contributed by atoms with Crippen molar-refractivity contribution in [3.63, 3.8) is 0 Å². The quantitative estimate of drug-likeness (QED) is 0.460. The van der Waals surface area contributed by atoms with Gasteiger partial charge in [0.2, 0.25) is 11.5 Å². The van der Waals surface area contributed by atoms with Crippen LogP contribution in [0.4, 0.5) is 5.82 Å². The molecule has 1 amide bonds. The first kappa shape index (κ1) is 20.6. The van der Waals surface area contributed by atoms with Crippen molar-refractivity contribution in [2.24, 2.45) is 0 Å². The number of anilines is 1. The molecule has 0 fully saturated rings. The number of aromatic nitrogens is 1. The van der Waals surface area contributed by atoms with E-state index in [2.05, 4.69) is 4.98 Å². The van der Waals surface area contributed by atoms with Gasteiger partial charge < -0.3 is 18.6 Å². The third-order valence-electron chi connectivity index (χ3n) is 5.68. The van der Waals surface area contributed by atoms with Crippen LogP contribution in [0.25, 0.3) is 11.0 Å². The highest BCUT2D eigenvalue weighted by Crippen LogP contribution is 2.46. The molecule has 8 nitrogen and oxygen atoms in total. The lowest BCUT2D eigenvalue weighted by Gasteiger charge is -2.25. The maximum atomic E-state index is 13.6. The first-order chi connectivity index (χ1) is 16.1. The first-order valence-corrected chi connectivity index (χ1v) is 10.2. The molecule has 0 unspecified atom stereocenters. The van der Waals surface area contributed by atoms with Crippen LogP contribution in [0.1, 0.15) is 27.7 Å². The van der Waals surface area contributed by atoms with Gasteiger partial charge in [-0.3, -0.25) is 14.5 Å². The number of para-hydroxylation sites is 1. The lowest BCUT2D eigenvalue weighted by atomic mass is 9.97. The van der Waals surface area contributed by atoms with Gasteiger partial charge >= 0.3 is 0 Å². The van der Waals surface area contributed by atoms with Crippen LogP contribution in [0.5, 0.6) is 17.2 Å². The molecule has 8 heteroatoms. The fraction of sp³-hybridized carbons (Fsp3) is 0.160. The Hall–Kier alpha value is -4.33. The molecule has 4 aromatic rings. The summed E-state index contributed by atoms with van der Waals surface area (Å²) in [5.74, 6) is 1.13. The van der Waals surface area contributed by atoms with Crippen LogP contribution in [0.3, 0.4) is 0 Å². The molecule has 0 radical (unpaired) electrons. The van der Waals surface area contributed by atoms with Crippen LogP contribution in [-0.4, -0.2) is 32.2 Å². The summed E-state index contributed by atoms with van der Waals surface area (Å²) in [5, 5.41) is 0.393. The Morgan fingerprint density at radius 2 is 1.61 bits per heavy atom. The van der Waals surface area contributed by atoms with Crippen LogP contribution in [0, 0.1) is 0 Å². The first-order valence-electron chi connectivity index (χ1n) is 10.2. The summed E-state index contributed by atoms with van der Waals surface area (Å²) in [4.78, 5) is 33.0. The minimum Gasteiger partial charge on any atom is -0.493 e. The molecule has 33 heavy (non-hydrogen) atoms. The number of fused-ring (bicyclic) bond motifs is 2. The van der Waals surface area contributed by atoms with Crippen LogP contribution < -0.4 is 24.5 Å². The molecule has 2 aromatic heterocycles. The summed E-state index contributed by atoms with van der Waals surface area (Å²) in [6.07, 6.45) is 1.59. The second-order valence-corrected chi connectivity index (χ2v) is 7.39. The van der Waals surface area contributed by atoms with Crippen molar-refractivity contribution in [3.8, 4) is 17.2 Å². The second kappa shape index (κ2) is 7.98. The van der Waals surface area contributed by atoms with E-state index in [9.17, 15) is 9.59 Å². The van der Waals surface area contributed by atoms with Crippen molar-refractivity contribution in [2.75, 3.05) is 26.2 Å². The zero-order valence-corrected chi connectivity index (χ0v) is 18.2. The van der Waals surface area contributed by atoms with Gasteiger partial charge in [0.15, 0.2) is 16.9 Å². The highest BCUT2D eigenvalue weighted by atomic mass is 16.5. The number of rotatable bonds is 5. The summed E-state index contributed by atoms with van der Waals surface area (Å²) < 4.78 is 22.4. The number of nitrogens with zero attached hydrogens (tertiary/aromatic N) is 2. The van der Waals surface area contributed by atoms with Gasteiger partial charge in [0, 0.05) is 6.20 Å². The van der Waals surface area contributed by atoms with Gasteiger partial charge in [-0.2, -0.15) is 0 Å². The van der Waals surface area contributed by atoms with Gasteiger partial charge in [0.25, 0.3) is 5.91 Å². The topological polar surface area (TPSA) is 91.1 Å². The highest BCUT2D eigenvalue weighted by molar-refractivity contribution is 6.10. The molecular weight excluding hydrogens is 424 g/mol. The Kier molecular flexibility index (Phi) is 4.97. The van der Waals surface area contributed by atoms with Crippen molar-refractivity contribution >= 4 is 22.7 Å². The third kappa shape index (κ3) is 3.10. The van der Waals surface area contributed by atoms with E-state index in [0.717, 1.165) is 0 Å². The molecule has 5 rings (SSSR count). The van der Waals surface area contributed by atoms with Crippen LogP contribution in [-0.2, 0) is 0 Å². The number of carbonyl (C=O) groups is 1. The Balaban J connectivity index is 1.84. The zero-order chi connectivity index (χ0) is 23.1. The number of pyridine rings is 1. The van der Waals surface area contributed by atoms with Crippen LogP contribution in [0.2, 0.25) is 0 Å². The molecule has 2 aromatic carbocycles. The SMILES string of the molecule is COc1cc([C@H]2c3c(oc4ccccc4c3=O)C(=O)N2c2ccccn2)cc(OC)c1OC. The number of methoxy groups -OCH3 is 3. The predicted octanol–water partition coefficient (Wildman–Crippen LogP) is 3.96. The number of hydrogen-bond donors (Lipinski definition) is 0. The average molecular weight is 444 g/mol. The molecule has 1 aliphatic rings. The third-order valence-corrected chi connectivity index (χ3v) is 5.68. The minimum atomic E-state index is -0.808. The second-order valence-electron chi connectivity index (χ2n) is 7.39. The molecular formula is C25H20N2O6. The Labute approximate surface area is 188 Å². The Morgan fingerprint density at radius 3 is 2.24 bits per heavy atom. The number of hydrogen-bond acceptors (Lipinski definition) is 7. The van der Waals surface area contributed by atoms with E-state index in [1.54, 1.807) is 60.8 Å². The normalized spacial score (nSPS) is 14.9. The van der Waals surface area contributed by atoms with Gasteiger partial charge in [-0.05, 0) is 42.0 Å². The van der Waals surface area contributed by atoms with Crippen molar-refractivity contribution in [2.45, 2.75) is 6.04 Å². The van der Waals surface area contributed by atoms with Gasteiger partial charge in [-0.25, -0.2) is 4.98 Å². The standard InChI is InChI=1S/C25H20N2O6/c1-30-17-12-14(13-18(31-2)23(17)32-3)21-20-22(28)15-8-4-5-9-16(15)33-24(20)25(29)27(21)19-10-6-7-11-26-19/h4-13,21H,1-3H3/t21-/m0/s1. The summed E-state index contributed by atoms with van der Waals surface area (Å²) in [7, 11) is 4.52. The smallest absolute Gasteiger partial charge is 0.296 e. The molecule has 0 saturated heterocycles. The van der Waals surface area contributed by atoms with Crippen molar-refractivity contribution < 1.29 is 23.4 Å². The fourth-order valence-electron chi connectivity index (χ4n) is 4.23. The van der Waals surface area contributed by atoms with Crippen molar-refractivity contribution in [1.82, 2.24) is 4.98 Å². The summed E-state index contributed by atoms with van der Waals surface area (Å²) >= 11 is 0. The lowest BCUT2D eigenvalue weighted by molar-refractivity contribution is 0.0970. The molecule has 0 saturated carbocycles. The summed E-state index contributed by atoms with van der Waals surface area (Å²) in [6, 6.07) is 14.7. The van der Waals surface area contributed by atoms with E-state index < -0.39 is 11.9 Å². The minimum absolute atomic E-state index is 0.0110. The number of benzene rings is 2. The van der Waals surface area contributed by atoms with E-state index in [4.69, 9.17) is 18.6 Å². The van der Waals surface area contributed by atoms with Gasteiger partial charge in [-0.1, -0.05) is 18.2 Å². The number of carbonyl (C=O) groups excluding carboxylic acids is 1. The van der Waals surface area contributed by atoms with Crippen molar-refractivity contribution in [1.29, 1.82) is 0 Å². The molecule has 3 heterocycles. The summed E-state index contributed by atoms with van der Waals surface area (Å²) in [6.45, 7) is 0. The van der Waals surface area contributed by atoms with E-state index in [1.807, 2.05) is 0 Å². The number of amides is 1. The van der Waals surface area contributed by atoms with Crippen LogP contribution >= 0.6 is 0 Å². The van der Waals surface area contributed by atoms with E-state index in [1.165, 1.54) is 26.2 Å². The predicted molar refractivity (Wildman–Crippen MR) is 121 cm³/mol. The average Bonchev–Trinajstić information content (AvgIpc) is 3.16. The van der Waals surface area contributed by atoms with Gasteiger partial charge in [0.1, 0.15) is 11.4 Å². The summed E-state index contributed by atoms with van der Waals surface area (Å²) in [5.41, 5.74) is 0.891. The largest absolute Gasteiger partial charge is 0.493 e. The monoisotopic (exact) mass is 444 g/mol. The van der Waals surface area contributed by atoms with Crippen LogP contribution in [0.15, 0.2) is 70.0 Å².